The maximum absolute atomic E-state index is 9.75. The highest BCUT2D eigenvalue weighted by Gasteiger charge is 2.13. The van der Waals surface area contributed by atoms with Gasteiger partial charge in [0.1, 0.15) is 35.0 Å². The van der Waals surface area contributed by atoms with Crippen molar-refractivity contribution in [3.63, 3.8) is 0 Å². The smallest absolute Gasteiger partial charge is 0.145 e. The van der Waals surface area contributed by atoms with Gasteiger partial charge in [0.05, 0.1) is 14.2 Å². The largest absolute Gasteiger partial charge is 0.496 e. The third kappa shape index (κ3) is 4.92. The highest BCUT2D eigenvalue weighted by atomic mass is 35.5. The average molecular weight is 302 g/mol. The summed E-state index contributed by atoms with van der Waals surface area (Å²) in [4.78, 5) is 0. The number of ether oxygens (including phenoxy) is 3. The lowest BCUT2D eigenvalue weighted by Gasteiger charge is -2.15. The molecule has 1 aromatic carbocycles. The van der Waals surface area contributed by atoms with E-state index in [1.54, 1.807) is 25.3 Å². The molecule has 0 aromatic heterocycles. The van der Waals surface area contributed by atoms with Crippen LogP contribution in [0.25, 0.3) is 0 Å². The van der Waals surface area contributed by atoms with Crippen LogP contribution in [0.4, 0.5) is 0 Å². The summed E-state index contributed by atoms with van der Waals surface area (Å²) < 4.78 is 15.8. The highest BCUT2D eigenvalue weighted by molar-refractivity contribution is 6.33. The second-order valence-corrected chi connectivity index (χ2v) is 4.43. The van der Waals surface area contributed by atoms with Crippen molar-refractivity contribution in [1.82, 2.24) is 5.32 Å². The van der Waals surface area contributed by atoms with E-state index in [9.17, 15) is 5.11 Å². The summed E-state index contributed by atoms with van der Waals surface area (Å²) in [6, 6.07) is 3.31. The van der Waals surface area contributed by atoms with Crippen LogP contribution in [0, 0.1) is 0 Å². The van der Waals surface area contributed by atoms with Crippen LogP contribution in [-0.4, -0.2) is 45.1 Å². The van der Waals surface area contributed by atoms with Crippen molar-refractivity contribution in [2.45, 2.75) is 6.10 Å². The summed E-state index contributed by atoms with van der Waals surface area (Å²) >= 11 is 6.13. The number of aliphatic hydroxyl groups is 1. The van der Waals surface area contributed by atoms with Crippen LogP contribution in [0.15, 0.2) is 24.8 Å². The lowest BCUT2D eigenvalue weighted by Crippen LogP contribution is -2.31. The number of methoxy groups -OCH3 is 2. The van der Waals surface area contributed by atoms with Gasteiger partial charge >= 0.3 is 0 Å². The molecule has 0 aliphatic carbocycles. The Morgan fingerprint density at radius 2 is 2.05 bits per heavy atom. The number of hydrogen-bond donors (Lipinski definition) is 2. The van der Waals surface area contributed by atoms with Crippen molar-refractivity contribution in [3.05, 3.63) is 29.8 Å². The van der Waals surface area contributed by atoms with Gasteiger partial charge in [0, 0.05) is 25.2 Å². The maximum Gasteiger partial charge on any atom is 0.145 e. The molecule has 1 unspecified atom stereocenters. The molecule has 0 bridgehead atoms. The van der Waals surface area contributed by atoms with Crippen LogP contribution < -0.4 is 19.5 Å². The maximum atomic E-state index is 9.75. The van der Waals surface area contributed by atoms with Crippen LogP contribution in [0.2, 0.25) is 5.02 Å². The molecule has 0 spiro atoms. The molecule has 1 aromatic rings. The molecule has 0 saturated heterocycles. The Balaban J connectivity index is 2.64. The summed E-state index contributed by atoms with van der Waals surface area (Å²) in [5, 5.41) is 13.1. The average Bonchev–Trinajstić information content (AvgIpc) is 2.46. The number of nitrogens with one attached hydrogen (secondary N) is 1. The fourth-order valence-electron chi connectivity index (χ4n) is 1.52. The topological polar surface area (TPSA) is 60.0 Å². The van der Waals surface area contributed by atoms with Gasteiger partial charge in [-0.3, -0.25) is 0 Å². The Morgan fingerprint density at radius 3 is 2.65 bits per heavy atom. The zero-order chi connectivity index (χ0) is 15.0. The molecule has 0 aliphatic rings. The Morgan fingerprint density at radius 1 is 1.35 bits per heavy atom. The fraction of sp³-hybridized carbons (Fsp3) is 0.429. The Labute approximate surface area is 124 Å². The van der Waals surface area contributed by atoms with E-state index >= 15 is 0 Å². The van der Waals surface area contributed by atoms with Gasteiger partial charge in [-0.1, -0.05) is 17.7 Å². The molecule has 0 amide bonds. The van der Waals surface area contributed by atoms with Gasteiger partial charge in [-0.05, 0) is 0 Å². The molecule has 0 saturated carbocycles. The van der Waals surface area contributed by atoms with E-state index in [1.165, 1.54) is 7.11 Å². The third-order valence-electron chi connectivity index (χ3n) is 2.53. The van der Waals surface area contributed by atoms with E-state index in [0.29, 0.717) is 35.4 Å². The van der Waals surface area contributed by atoms with Crippen molar-refractivity contribution in [2.75, 3.05) is 33.9 Å². The molecule has 5 nitrogen and oxygen atoms in total. The number of rotatable bonds is 9. The highest BCUT2D eigenvalue weighted by Crippen LogP contribution is 2.38. The number of aliphatic hydroxyl groups excluding tert-OH is 1. The van der Waals surface area contributed by atoms with Gasteiger partial charge in [-0.15, -0.1) is 6.58 Å². The molecular formula is C14H20ClNO4. The second-order valence-electron chi connectivity index (χ2n) is 4.05. The first-order valence-corrected chi connectivity index (χ1v) is 6.54. The summed E-state index contributed by atoms with van der Waals surface area (Å²) in [5.74, 6) is 1.44. The zero-order valence-electron chi connectivity index (χ0n) is 11.7. The number of halogens is 1. The van der Waals surface area contributed by atoms with Gasteiger partial charge in [-0.2, -0.15) is 0 Å². The molecule has 0 radical (unpaired) electrons. The minimum Gasteiger partial charge on any atom is -0.496 e. The predicted molar refractivity (Wildman–Crippen MR) is 79.1 cm³/mol. The molecule has 0 heterocycles. The summed E-state index contributed by atoms with van der Waals surface area (Å²) in [5.41, 5.74) is 0. The predicted octanol–water partition coefficient (Wildman–Crippen LogP) is 1.87. The van der Waals surface area contributed by atoms with Crippen molar-refractivity contribution >= 4 is 11.6 Å². The second kappa shape index (κ2) is 8.68. The van der Waals surface area contributed by atoms with Crippen molar-refractivity contribution in [1.29, 1.82) is 0 Å². The van der Waals surface area contributed by atoms with E-state index < -0.39 is 6.10 Å². The van der Waals surface area contributed by atoms with E-state index in [0.717, 1.165) is 0 Å². The molecule has 0 fully saturated rings. The normalized spacial score (nSPS) is 11.8. The lowest BCUT2D eigenvalue weighted by molar-refractivity contribution is 0.107. The molecule has 1 atom stereocenters. The first kappa shape index (κ1) is 16.6. The summed E-state index contributed by atoms with van der Waals surface area (Å²) in [7, 11) is 3.05. The molecule has 112 valence electrons. The fourth-order valence-corrected chi connectivity index (χ4v) is 1.76. The standard InChI is InChI=1S/C14H20ClNO4/c1-4-5-16-8-10(17)9-20-13-7-11(18-2)6-12(19-3)14(13)15/h4,6-7,10,16-17H,1,5,8-9H2,2-3H3. The van der Waals surface area contributed by atoms with Crippen LogP contribution in [-0.2, 0) is 0 Å². The Kier molecular flexibility index (Phi) is 7.22. The SMILES string of the molecule is C=CCNCC(O)COc1cc(OC)cc(OC)c1Cl. The van der Waals surface area contributed by atoms with Gasteiger partial charge in [0.2, 0.25) is 0 Å². The molecule has 1 rings (SSSR count). The number of hydrogen-bond acceptors (Lipinski definition) is 5. The minimum atomic E-state index is -0.650. The summed E-state index contributed by atoms with van der Waals surface area (Å²) in [6.07, 6.45) is 1.07. The lowest BCUT2D eigenvalue weighted by atomic mass is 10.3. The van der Waals surface area contributed by atoms with Crippen LogP contribution in [0.1, 0.15) is 0 Å². The quantitative estimate of drug-likeness (QED) is 0.539. The molecular weight excluding hydrogens is 282 g/mol. The molecule has 6 heteroatoms. The minimum absolute atomic E-state index is 0.111. The van der Waals surface area contributed by atoms with Gasteiger partial charge in [0.25, 0.3) is 0 Å². The van der Waals surface area contributed by atoms with E-state index in [2.05, 4.69) is 11.9 Å². The van der Waals surface area contributed by atoms with Gasteiger partial charge < -0.3 is 24.6 Å². The zero-order valence-corrected chi connectivity index (χ0v) is 12.4. The number of benzene rings is 1. The summed E-state index contributed by atoms with van der Waals surface area (Å²) in [6.45, 7) is 4.73. The molecule has 20 heavy (non-hydrogen) atoms. The Hall–Kier alpha value is -1.43. The molecule has 0 aliphatic heterocycles. The van der Waals surface area contributed by atoms with Gasteiger partial charge in [0.15, 0.2) is 0 Å². The Bertz CT molecular complexity index is 439. The van der Waals surface area contributed by atoms with Crippen LogP contribution in [0.3, 0.4) is 0 Å². The van der Waals surface area contributed by atoms with E-state index in [-0.39, 0.29) is 6.61 Å². The van der Waals surface area contributed by atoms with Gasteiger partial charge in [-0.25, -0.2) is 0 Å². The van der Waals surface area contributed by atoms with E-state index in [4.69, 9.17) is 25.8 Å². The third-order valence-corrected chi connectivity index (χ3v) is 2.91. The van der Waals surface area contributed by atoms with E-state index in [1.807, 2.05) is 0 Å². The van der Waals surface area contributed by atoms with Crippen LogP contribution in [0.5, 0.6) is 17.2 Å². The first-order valence-electron chi connectivity index (χ1n) is 6.16. The van der Waals surface area contributed by atoms with Crippen molar-refractivity contribution in [3.8, 4) is 17.2 Å². The molecule has 2 N–H and O–H groups in total. The monoisotopic (exact) mass is 301 g/mol. The van der Waals surface area contributed by atoms with Crippen molar-refractivity contribution in [2.24, 2.45) is 0 Å². The van der Waals surface area contributed by atoms with Crippen molar-refractivity contribution < 1.29 is 19.3 Å². The van der Waals surface area contributed by atoms with Crippen LogP contribution >= 0.6 is 11.6 Å². The first-order chi connectivity index (χ1) is 9.62.